The fourth-order valence-electron chi connectivity index (χ4n) is 4.15. The first-order chi connectivity index (χ1) is 16.3. The largest absolute Gasteiger partial charge is 0.447 e. The Kier molecular flexibility index (Phi) is 6.76. The number of nitrogens with one attached hydrogen (secondary N) is 1. The molecule has 10 heteroatoms. The van der Waals surface area contributed by atoms with Crippen molar-refractivity contribution < 1.29 is 23.1 Å². The summed E-state index contributed by atoms with van der Waals surface area (Å²) in [6, 6.07) is 7.11. The van der Waals surface area contributed by atoms with E-state index in [-0.39, 0.29) is 29.4 Å². The first kappa shape index (κ1) is 23.6. The number of aromatic nitrogens is 3. The van der Waals surface area contributed by atoms with Gasteiger partial charge in [-0.1, -0.05) is 11.3 Å². The number of hydrogen-bond acceptors (Lipinski definition) is 5. The predicted octanol–water partition coefficient (Wildman–Crippen LogP) is 4.31. The first-order valence-electron chi connectivity index (χ1n) is 11.4. The van der Waals surface area contributed by atoms with E-state index in [4.69, 9.17) is 4.74 Å². The maximum absolute atomic E-state index is 14.8. The van der Waals surface area contributed by atoms with Crippen LogP contribution in [0.15, 0.2) is 30.3 Å². The van der Waals surface area contributed by atoms with Gasteiger partial charge in [-0.2, -0.15) is 0 Å². The normalized spacial score (nSPS) is 14.6. The maximum atomic E-state index is 14.8. The summed E-state index contributed by atoms with van der Waals surface area (Å²) in [6.45, 7) is 6.76. The van der Waals surface area contributed by atoms with Crippen molar-refractivity contribution in [3.8, 4) is 11.1 Å². The Morgan fingerprint density at radius 1 is 1.15 bits per heavy atom. The van der Waals surface area contributed by atoms with E-state index in [1.54, 1.807) is 30.0 Å². The standard InChI is InChI=1S/C24H27F2N5O3/c1-4-27-23(32)18-13-19(25)17(12-20(18)26)15-5-6-22-21(11-15)28-29-31(22)16-7-9-30(10-8-16)24(33)34-14(2)3/h5-6,11-14,16H,4,7-10H2,1-3H3,(H,27,32). The van der Waals surface area contributed by atoms with Gasteiger partial charge in [0.2, 0.25) is 0 Å². The van der Waals surface area contributed by atoms with Crippen molar-refractivity contribution in [1.29, 1.82) is 0 Å². The number of nitrogens with zero attached hydrogens (tertiary/aromatic N) is 4. The molecule has 0 saturated carbocycles. The minimum atomic E-state index is -0.797. The molecule has 0 spiro atoms. The molecule has 2 aromatic carbocycles. The van der Waals surface area contributed by atoms with Crippen LogP contribution in [0.5, 0.6) is 0 Å². The number of likely N-dealkylation sites (tertiary alicyclic amines) is 1. The summed E-state index contributed by atoms with van der Waals surface area (Å²) in [5.41, 5.74) is 1.46. The molecule has 34 heavy (non-hydrogen) atoms. The molecule has 3 aromatic rings. The van der Waals surface area contributed by atoms with Crippen molar-refractivity contribution in [2.45, 2.75) is 45.8 Å². The number of piperidine rings is 1. The lowest BCUT2D eigenvalue weighted by Gasteiger charge is -2.31. The lowest BCUT2D eigenvalue weighted by atomic mass is 10.0. The van der Waals surface area contributed by atoms with Crippen molar-refractivity contribution in [3.05, 3.63) is 47.5 Å². The first-order valence-corrected chi connectivity index (χ1v) is 11.4. The fourth-order valence-corrected chi connectivity index (χ4v) is 4.15. The van der Waals surface area contributed by atoms with Gasteiger partial charge in [0, 0.05) is 25.2 Å². The smallest absolute Gasteiger partial charge is 0.410 e. The molecule has 1 N–H and O–H groups in total. The fraction of sp³-hybridized carbons (Fsp3) is 0.417. The van der Waals surface area contributed by atoms with E-state index in [0.717, 1.165) is 17.6 Å². The Hall–Kier alpha value is -3.56. The van der Waals surface area contributed by atoms with Gasteiger partial charge >= 0.3 is 6.09 Å². The van der Waals surface area contributed by atoms with Gasteiger partial charge < -0.3 is 15.0 Å². The molecule has 1 saturated heterocycles. The van der Waals surface area contributed by atoms with Crippen LogP contribution in [0.3, 0.4) is 0 Å². The summed E-state index contributed by atoms with van der Waals surface area (Å²) in [5, 5.41) is 11.0. The molecular formula is C24H27F2N5O3. The quantitative estimate of drug-likeness (QED) is 0.599. The molecule has 1 aliphatic heterocycles. The second kappa shape index (κ2) is 9.74. The van der Waals surface area contributed by atoms with E-state index >= 15 is 0 Å². The van der Waals surface area contributed by atoms with Gasteiger partial charge in [0.1, 0.15) is 17.2 Å². The second-order valence-electron chi connectivity index (χ2n) is 8.56. The Bertz CT molecular complexity index is 1220. The molecule has 8 nitrogen and oxygen atoms in total. The van der Waals surface area contributed by atoms with Gasteiger partial charge in [0.25, 0.3) is 5.91 Å². The summed E-state index contributed by atoms with van der Waals surface area (Å²) in [4.78, 5) is 25.7. The zero-order valence-electron chi connectivity index (χ0n) is 19.3. The molecular weight excluding hydrogens is 444 g/mol. The van der Waals surface area contributed by atoms with E-state index in [9.17, 15) is 18.4 Å². The number of amides is 2. The summed E-state index contributed by atoms with van der Waals surface area (Å²) in [5.74, 6) is -2.16. The number of carbonyl (C=O) groups excluding carboxylic acids is 2. The number of carbonyl (C=O) groups is 2. The second-order valence-corrected chi connectivity index (χ2v) is 8.56. The molecule has 0 atom stereocenters. The van der Waals surface area contributed by atoms with Gasteiger partial charge in [-0.25, -0.2) is 18.3 Å². The average molecular weight is 472 g/mol. The van der Waals surface area contributed by atoms with Gasteiger partial charge in [-0.05, 0) is 63.4 Å². The van der Waals surface area contributed by atoms with E-state index < -0.39 is 17.5 Å². The van der Waals surface area contributed by atoms with E-state index in [2.05, 4.69) is 15.6 Å². The zero-order valence-corrected chi connectivity index (χ0v) is 19.3. The highest BCUT2D eigenvalue weighted by Gasteiger charge is 2.27. The van der Waals surface area contributed by atoms with Gasteiger partial charge in [0.15, 0.2) is 0 Å². The zero-order chi connectivity index (χ0) is 24.4. The van der Waals surface area contributed by atoms with Crippen molar-refractivity contribution in [2.75, 3.05) is 19.6 Å². The number of ether oxygens (including phenoxy) is 1. The molecule has 0 unspecified atom stereocenters. The summed E-state index contributed by atoms with van der Waals surface area (Å²) in [6.07, 6.45) is 0.930. The summed E-state index contributed by atoms with van der Waals surface area (Å²) >= 11 is 0. The molecule has 2 amide bonds. The van der Waals surface area contributed by atoms with Crippen LogP contribution in [-0.4, -0.2) is 57.6 Å². The van der Waals surface area contributed by atoms with Crippen molar-refractivity contribution >= 4 is 23.0 Å². The Morgan fingerprint density at radius 3 is 2.56 bits per heavy atom. The number of fused-ring (bicyclic) bond motifs is 1. The van der Waals surface area contributed by atoms with Crippen LogP contribution in [0.1, 0.15) is 50.0 Å². The van der Waals surface area contributed by atoms with Crippen LogP contribution >= 0.6 is 0 Å². The molecule has 0 aliphatic carbocycles. The van der Waals surface area contributed by atoms with Crippen molar-refractivity contribution in [2.24, 2.45) is 0 Å². The molecule has 1 aliphatic rings. The lowest BCUT2D eigenvalue weighted by molar-refractivity contribution is 0.0655. The highest BCUT2D eigenvalue weighted by atomic mass is 19.1. The predicted molar refractivity (Wildman–Crippen MR) is 122 cm³/mol. The third-order valence-corrected chi connectivity index (χ3v) is 5.83. The third-order valence-electron chi connectivity index (χ3n) is 5.83. The van der Waals surface area contributed by atoms with Crippen LogP contribution < -0.4 is 5.32 Å². The minimum Gasteiger partial charge on any atom is -0.447 e. The Morgan fingerprint density at radius 2 is 1.88 bits per heavy atom. The molecule has 180 valence electrons. The van der Waals surface area contributed by atoms with Gasteiger partial charge in [-0.15, -0.1) is 5.10 Å². The lowest BCUT2D eigenvalue weighted by Crippen LogP contribution is -2.40. The number of hydrogen-bond donors (Lipinski definition) is 1. The molecule has 1 fully saturated rings. The minimum absolute atomic E-state index is 0.0407. The van der Waals surface area contributed by atoms with Gasteiger partial charge in [0.05, 0.1) is 23.2 Å². The maximum Gasteiger partial charge on any atom is 0.410 e. The third kappa shape index (κ3) is 4.71. The highest BCUT2D eigenvalue weighted by molar-refractivity contribution is 5.95. The molecule has 0 radical (unpaired) electrons. The summed E-state index contributed by atoms with van der Waals surface area (Å²) < 4.78 is 36.4. The molecule has 1 aromatic heterocycles. The SMILES string of the molecule is CCNC(=O)c1cc(F)c(-c2ccc3c(c2)nnn3C2CCN(C(=O)OC(C)C)CC2)cc1F. The topological polar surface area (TPSA) is 89.4 Å². The van der Waals surface area contributed by atoms with Crippen LogP contribution in [0.4, 0.5) is 13.6 Å². The van der Waals surface area contributed by atoms with Crippen LogP contribution in [0.25, 0.3) is 22.2 Å². The van der Waals surface area contributed by atoms with Crippen molar-refractivity contribution in [1.82, 2.24) is 25.2 Å². The van der Waals surface area contributed by atoms with Crippen molar-refractivity contribution in [3.63, 3.8) is 0 Å². The average Bonchev–Trinajstić information content (AvgIpc) is 3.23. The molecule has 0 bridgehead atoms. The van der Waals surface area contributed by atoms with E-state index in [1.165, 1.54) is 0 Å². The Labute approximate surface area is 195 Å². The number of benzene rings is 2. The summed E-state index contributed by atoms with van der Waals surface area (Å²) in [7, 11) is 0. The van der Waals surface area contributed by atoms with Gasteiger partial charge in [-0.3, -0.25) is 4.79 Å². The van der Waals surface area contributed by atoms with E-state index in [1.807, 2.05) is 18.5 Å². The van der Waals surface area contributed by atoms with E-state index in [0.29, 0.717) is 43.6 Å². The number of rotatable bonds is 5. The Balaban J connectivity index is 1.54. The highest BCUT2D eigenvalue weighted by Crippen LogP contribution is 2.30. The van der Waals surface area contributed by atoms with Crippen LogP contribution in [0, 0.1) is 11.6 Å². The monoisotopic (exact) mass is 471 g/mol. The molecule has 4 rings (SSSR count). The van der Waals surface area contributed by atoms with Crippen LogP contribution in [-0.2, 0) is 4.74 Å². The number of halogens is 2. The molecule has 2 heterocycles. The van der Waals surface area contributed by atoms with Crippen LogP contribution in [0.2, 0.25) is 0 Å².